The second-order valence-corrected chi connectivity index (χ2v) is 4.31. The maximum absolute atomic E-state index is 11.8. The lowest BCUT2D eigenvalue weighted by Gasteiger charge is -2.06. The van der Waals surface area contributed by atoms with E-state index in [-0.39, 0.29) is 5.97 Å². The number of nitrogens with two attached hydrogens (primary N) is 1. The van der Waals surface area contributed by atoms with Crippen LogP contribution in [0.2, 0.25) is 0 Å². The normalized spacial score (nSPS) is 10.2. The second-order valence-electron chi connectivity index (χ2n) is 4.31. The highest BCUT2D eigenvalue weighted by atomic mass is 16.5. The van der Waals surface area contributed by atoms with Gasteiger partial charge in [-0.05, 0) is 42.3 Å². The summed E-state index contributed by atoms with van der Waals surface area (Å²) in [7, 11) is 0. The molecule has 0 unspecified atom stereocenters. The molecule has 0 aliphatic rings. The van der Waals surface area contributed by atoms with Crippen molar-refractivity contribution in [2.45, 2.75) is 13.3 Å². The smallest absolute Gasteiger partial charge is 0.338 e. The van der Waals surface area contributed by atoms with Gasteiger partial charge in [-0.25, -0.2) is 4.79 Å². The Hall–Kier alpha value is -2.36. The minimum Gasteiger partial charge on any atom is -0.462 e. The van der Waals surface area contributed by atoms with Crippen molar-refractivity contribution >= 4 is 11.7 Å². The number of aryl methyl sites for hydroxylation is 1. The van der Waals surface area contributed by atoms with Gasteiger partial charge in [-0.3, -0.25) is 4.98 Å². The Morgan fingerprint density at radius 2 is 2.00 bits per heavy atom. The van der Waals surface area contributed by atoms with E-state index in [1.54, 1.807) is 24.5 Å². The molecule has 0 aliphatic carbocycles. The molecule has 0 aliphatic heterocycles. The van der Waals surface area contributed by atoms with Crippen molar-refractivity contribution in [3.63, 3.8) is 0 Å². The van der Waals surface area contributed by atoms with Gasteiger partial charge in [0.25, 0.3) is 0 Å². The number of rotatable bonds is 4. The third-order valence-electron chi connectivity index (χ3n) is 2.89. The highest BCUT2D eigenvalue weighted by molar-refractivity contribution is 5.90. The van der Waals surface area contributed by atoms with Crippen molar-refractivity contribution in [3.05, 3.63) is 59.4 Å². The Balaban J connectivity index is 1.89. The molecule has 0 spiro atoms. The van der Waals surface area contributed by atoms with Crippen LogP contribution in [-0.2, 0) is 11.2 Å². The zero-order valence-corrected chi connectivity index (χ0v) is 10.8. The Morgan fingerprint density at radius 1 is 1.26 bits per heavy atom. The molecule has 2 aromatic rings. The summed E-state index contributed by atoms with van der Waals surface area (Å²) >= 11 is 0. The fourth-order valence-electron chi connectivity index (χ4n) is 1.66. The second kappa shape index (κ2) is 6.00. The van der Waals surface area contributed by atoms with Gasteiger partial charge in [0.1, 0.15) is 0 Å². The largest absolute Gasteiger partial charge is 0.462 e. The van der Waals surface area contributed by atoms with E-state index in [9.17, 15) is 4.79 Å². The fourth-order valence-corrected chi connectivity index (χ4v) is 1.66. The van der Waals surface area contributed by atoms with E-state index in [1.807, 2.05) is 25.1 Å². The molecule has 0 saturated carbocycles. The van der Waals surface area contributed by atoms with Gasteiger partial charge in [0, 0.05) is 24.5 Å². The molecule has 2 N–H and O–H groups in total. The summed E-state index contributed by atoms with van der Waals surface area (Å²) < 4.78 is 5.21. The zero-order chi connectivity index (χ0) is 13.7. The van der Waals surface area contributed by atoms with Gasteiger partial charge >= 0.3 is 5.97 Å². The quantitative estimate of drug-likeness (QED) is 0.673. The van der Waals surface area contributed by atoms with Crippen LogP contribution >= 0.6 is 0 Å². The number of hydrogen-bond acceptors (Lipinski definition) is 4. The molecule has 2 rings (SSSR count). The lowest BCUT2D eigenvalue weighted by atomic mass is 10.1. The van der Waals surface area contributed by atoms with Crippen molar-refractivity contribution in [2.75, 3.05) is 12.3 Å². The third kappa shape index (κ3) is 3.55. The first kappa shape index (κ1) is 13.1. The van der Waals surface area contributed by atoms with Crippen LogP contribution in [0.15, 0.2) is 42.7 Å². The molecule has 0 atom stereocenters. The topological polar surface area (TPSA) is 65.2 Å². The van der Waals surface area contributed by atoms with Gasteiger partial charge in [0.15, 0.2) is 0 Å². The fraction of sp³-hybridized carbons (Fsp3) is 0.200. The summed E-state index contributed by atoms with van der Waals surface area (Å²) in [6.45, 7) is 2.24. The van der Waals surface area contributed by atoms with Crippen molar-refractivity contribution in [1.29, 1.82) is 0 Å². The number of ether oxygens (including phenoxy) is 1. The Bertz CT molecular complexity index is 568. The SMILES string of the molecule is Cc1ccc(C(=O)OCCc2ccncc2)cc1N. The molecule has 1 heterocycles. The predicted molar refractivity (Wildman–Crippen MR) is 73.8 cm³/mol. The standard InChI is InChI=1S/C15H16N2O2/c1-11-2-3-13(10-14(11)16)15(18)19-9-6-12-4-7-17-8-5-12/h2-5,7-8,10H,6,9,16H2,1H3. The van der Waals surface area contributed by atoms with Gasteiger partial charge in [0.2, 0.25) is 0 Å². The average Bonchev–Trinajstić information content (AvgIpc) is 2.43. The van der Waals surface area contributed by atoms with Gasteiger partial charge in [0.05, 0.1) is 12.2 Å². The lowest BCUT2D eigenvalue weighted by Crippen LogP contribution is -2.09. The maximum atomic E-state index is 11.8. The van der Waals surface area contributed by atoms with Crippen LogP contribution in [0.3, 0.4) is 0 Å². The van der Waals surface area contributed by atoms with Crippen LogP contribution in [0.5, 0.6) is 0 Å². The van der Waals surface area contributed by atoms with E-state index >= 15 is 0 Å². The number of pyridine rings is 1. The van der Waals surface area contributed by atoms with Crippen molar-refractivity contribution in [2.24, 2.45) is 0 Å². The Labute approximate surface area is 112 Å². The van der Waals surface area contributed by atoms with E-state index in [1.165, 1.54) is 0 Å². The molecule has 98 valence electrons. The maximum Gasteiger partial charge on any atom is 0.338 e. The summed E-state index contributed by atoms with van der Waals surface area (Å²) in [6, 6.07) is 8.98. The number of carbonyl (C=O) groups excluding carboxylic acids is 1. The van der Waals surface area contributed by atoms with Crippen molar-refractivity contribution in [1.82, 2.24) is 4.98 Å². The van der Waals surface area contributed by atoms with Gasteiger partial charge in [-0.1, -0.05) is 6.07 Å². The molecule has 19 heavy (non-hydrogen) atoms. The summed E-state index contributed by atoms with van der Waals surface area (Å²) in [5.41, 5.74) is 8.89. The van der Waals surface area contributed by atoms with Crippen molar-refractivity contribution < 1.29 is 9.53 Å². The molecule has 0 bridgehead atoms. The number of carbonyl (C=O) groups is 1. The lowest BCUT2D eigenvalue weighted by molar-refractivity contribution is 0.0509. The summed E-state index contributed by atoms with van der Waals surface area (Å²) in [5, 5.41) is 0. The Kier molecular flexibility index (Phi) is 4.13. The van der Waals surface area contributed by atoms with Crippen LogP contribution in [-0.4, -0.2) is 17.6 Å². The van der Waals surface area contributed by atoms with Gasteiger partial charge in [-0.2, -0.15) is 0 Å². The first-order valence-corrected chi connectivity index (χ1v) is 6.09. The number of esters is 1. The number of benzene rings is 1. The molecule has 0 radical (unpaired) electrons. The van der Waals surface area contributed by atoms with Gasteiger partial charge in [-0.15, -0.1) is 0 Å². The van der Waals surface area contributed by atoms with Crippen LogP contribution in [0.4, 0.5) is 5.69 Å². The van der Waals surface area contributed by atoms with E-state index in [2.05, 4.69) is 4.98 Å². The van der Waals surface area contributed by atoms with Crippen LogP contribution in [0.25, 0.3) is 0 Å². The minimum absolute atomic E-state index is 0.344. The molecule has 1 aromatic heterocycles. The molecule has 0 fully saturated rings. The summed E-state index contributed by atoms with van der Waals surface area (Å²) in [4.78, 5) is 15.7. The van der Waals surface area contributed by atoms with E-state index in [0.29, 0.717) is 24.3 Å². The van der Waals surface area contributed by atoms with Crippen LogP contribution in [0, 0.1) is 6.92 Å². The van der Waals surface area contributed by atoms with Crippen LogP contribution < -0.4 is 5.73 Å². The van der Waals surface area contributed by atoms with Crippen molar-refractivity contribution in [3.8, 4) is 0 Å². The molecule has 0 saturated heterocycles. The first-order chi connectivity index (χ1) is 9.16. The van der Waals surface area contributed by atoms with E-state index in [0.717, 1.165) is 11.1 Å². The van der Waals surface area contributed by atoms with E-state index < -0.39 is 0 Å². The number of nitrogen functional groups attached to an aromatic ring is 1. The molecular formula is C15H16N2O2. The minimum atomic E-state index is -0.347. The zero-order valence-electron chi connectivity index (χ0n) is 10.8. The summed E-state index contributed by atoms with van der Waals surface area (Å²) in [5.74, 6) is -0.347. The molecule has 1 aromatic carbocycles. The van der Waals surface area contributed by atoms with E-state index in [4.69, 9.17) is 10.5 Å². The number of anilines is 1. The molecule has 4 nitrogen and oxygen atoms in total. The molecule has 0 amide bonds. The first-order valence-electron chi connectivity index (χ1n) is 6.09. The average molecular weight is 256 g/mol. The Morgan fingerprint density at radius 3 is 2.68 bits per heavy atom. The monoisotopic (exact) mass is 256 g/mol. The molecule has 4 heteroatoms. The third-order valence-corrected chi connectivity index (χ3v) is 2.89. The predicted octanol–water partition coefficient (Wildman–Crippen LogP) is 2.37. The number of aromatic nitrogens is 1. The van der Waals surface area contributed by atoms with Gasteiger partial charge < -0.3 is 10.5 Å². The van der Waals surface area contributed by atoms with Crippen LogP contribution in [0.1, 0.15) is 21.5 Å². The summed E-state index contributed by atoms with van der Waals surface area (Å²) in [6.07, 6.45) is 4.12. The number of nitrogens with zero attached hydrogens (tertiary/aromatic N) is 1. The molecular weight excluding hydrogens is 240 g/mol. The highest BCUT2D eigenvalue weighted by Gasteiger charge is 2.08. The highest BCUT2D eigenvalue weighted by Crippen LogP contribution is 2.13. The number of hydrogen-bond donors (Lipinski definition) is 1.